The van der Waals surface area contributed by atoms with Crippen molar-refractivity contribution < 1.29 is 19.1 Å². The summed E-state index contributed by atoms with van der Waals surface area (Å²) >= 11 is 0. The number of amides is 1. The van der Waals surface area contributed by atoms with Gasteiger partial charge in [0.15, 0.2) is 0 Å². The first-order valence-electron chi connectivity index (χ1n) is 8.96. The van der Waals surface area contributed by atoms with Crippen LogP contribution in [0.15, 0.2) is 24.3 Å². The number of nitrogens with zero attached hydrogens (tertiary/aromatic N) is 1. The Balaban J connectivity index is 1.44. The second kappa shape index (κ2) is 5.80. The minimum atomic E-state index is -0.799. The fraction of sp³-hybridized carbons (Fsp3) is 0.579. The fourth-order valence-corrected chi connectivity index (χ4v) is 4.53. The minimum absolute atomic E-state index is 0.0193. The van der Waals surface area contributed by atoms with Crippen molar-refractivity contribution in [2.45, 2.75) is 43.6 Å². The predicted molar refractivity (Wildman–Crippen MR) is 89.6 cm³/mol. The fourth-order valence-electron chi connectivity index (χ4n) is 4.53. The first kappa shape index (κ1) is 16.5. The van der Waals surface area contributed by atoms with Gasteiger partial charge in [-0.2, -0.15) is 0 Å². The van der Waals surface area contributed by atoms with Crippen molar-refractivity contribution in [2.24, 2.45) is 5.41 Å². The van der Waals surface area contributed by atoms with Gasteiger partial charge in [-0.15, -0.1) is 0 Å². The molecular formula is C19H23FN2O3. The molecule has 0 aromatic heterocycles. The number of benzene rings is 1. The molecule has 2 heterocycles. The third kappa shape index (κ3) is 2.72. The molecule has 1 aliphatic carbocycles. The molecule has 3 fully saturated rings. The highest BCUT2D eigenvalue weighted by molar-refractivity contribution is 5.91. The summed E-state index contributed by atoms with van der Waals surface area (Å²) in [4.78, 5) is 26.1. The molecular weight excluding hydrogens is 323 g/mol. The smallest absolute Gasteiger partial charge is 0.320 e. The zero-order chi connectivity index (χ0) is 17.7. The SMILES string of the molecule is O=C(O)[C@@H]1CC2(CCN(C(=O)C3(c4ccccc4F)CC3)CC2)CN1. The van der Waals surface area contributed by atoms with Gasteiger partial charge in [0.2, 0.25) is 5.91 Å². The third-order valence-corrected chi connectivity index (χ3v) is 6.32. The molecule has 1 atom stereocenters. The van der Waals surface area contributed by atoms with Crippen molar-refractivity contribution in [3.05, 3.63) is 35.6 Å². The Morgan fingerprint density at radius 2 is 1.84 bits per heavy atom. The molecule has 2 saturated heterocycles. The lowest BCUT2D eigenvalue weighted by molar-refractivity contribution is -0.140. The molecule has 1 amide bonds. The molecule has 6 heteroatoms. The van der Waals surface area contributed by atoms with E-state index in [1.165, 1.54) is 6.07 Å². The molecule has 0 unspecified atom stereocenters. The van der Waals surface area contributed by atoms with Gasteiger partial charge in [-0.05, 0) is 43.6 Å². The van der Waals surface area contributed by atoms with Crippen molar-refractivity contribution in [2.75, 3.05) is 19.6 Å². The van der Waals surface area contributed by atoms with Gasteiger partial charge in [0, 0.05) is 25.2 Å². The van der Waals surface area contributed by atoms with Crippen LogP contribution in [0.5, 0.6) is 0 Å². The van der Waals surface area contributed by atoms with Gasteiger partial charge < -0.3 is 15.3 Å². The van der Waals surface area contributed by atoms with E-state index in [1.807, 2.05) is 4.90 Å². The van der Waals surface area contributed by atoms with Gasteiger partial charge >= 0.3 is 5.97 Å². The van der Waals surface area contributed by atoms with Crippen LogP contribution in [-0.4, -0.2) is 47.6 Å². The highest BCUT2D eigenvalue weighted by Crippen LogP contribution is 2.51. The van der Waals surface area contributed by atoms with Crippen LogP contribution < -0.4 is 5.32 Å². The lowest BCUT2D eigenvalue weighted by Crippen LogP contribution is -2.47. The Kier molecular flexibility index (Phi) is 3.83. The lowest BCUT2D eigenvalue weighted by atomic mass is 9.76. The standard InChI is InChI=1S/C19H23FN2O3/c20-14-4-2-1-3-13(14)19(5-6-19)17(25)22-9-7-18(8-10-22)11-15(16(23)24)21-12-18/h1-4,15,21H,5-12H2,(H,23,24)/t15-/m0/s1. The van der Waals surface area contributed by atoms with Gasteiger partial charge in [0.05, 0.1) is 5.41 Å². The quantitative estimate of drug-likeness (QED) is 0.877. The zero-order valence-electron chi connectivity index (χ0n) is 14.1. The Labute approximate surface area is 146 Å². The monoisotopic (exact) mass is 346 g/mol. The van der Waals surface area contributed by atoms with Crippen LogP contribution in [0.3, 0.4) is 0 Å². The van der Waals surface area contributed by atoms with E-state index >= 15 is 0 Å². The number of carbonyl (C=O) groups excluding carboxylic acids is 1. The number of rotatable bonds is 3. The number of halogens is 1. The van der Waals surface area contributed by atoms with Crippen LogP contribution in [0, 0.1) is 11.2 Å². The summed E-state index contributed by atoms with van der Waals surface area (Å²) in [5, 5.41) is 12.3. The molecule has 134 valence electrons. The van der Waals surface area contributed by atoms with Crippen LogP contribution in [0.25, 0.3) is 0 Å². The summed E-state index contributed by atoms with van der Waals surface area (Å²) < 4.78 is 14.2. The molecule has 1 aromatic rings. The molecule has 1 aromatic carbocycles. The van der Waals surface area contributed by atoms with E-state index in [0.717, 1.165) is 12.8 Å². The number of carbonyl (C=O) groups is 2. The first-order chi connectivity index (χ1) is 12.0. The molecule has 4 rings (SSSR count). The summed E-state index contributed by atoms with van der Waals surface area (Å²) in [5.74, 6) is -1.06. The van der Waals surface area contributed by atoms with Crippen LogP contribution in [-0.2, 0) is 15.0 Å². The second-order valence-electron chi connectivity index (χ2n) is 7.83. The van der Waals surface area contributed by atoms with E-state index in [-0.39, 0.29) is 17.1 Å². The zero-order valence-corrected chi connectivity index (χ0v) is 14.1. The van der Waals surface area contributed by atoms with Crippen molar-refractivity contribution in [3.8, 4) is 0 Å². The van der Waals surface area contributed by atoms with Crippen LogP contribution in [0.4, 0.5) is 4.39 Å². The Morgan fingerprint density at radius 3 is 2.40 bits per heavy atom. The van der Waals surface area contributed by atoms with Crippen LogP contribution >= 0.6 is 0 Å². The molecule has 5 nitrogen and oxygen atoms in total. The number of likely N-dealkylation sites (tertiary alicyclic amines) is 1. The van der Waals surface area contributed by atoms with Gasteiger partial charge in [-0.25, -0.2) is 4.39 Å². The van der Waals surface area contributed by atoms with Crippen molar-refractivity contribution in [1.82, 2.24) is 10.2 Å². The van der Waals surface area contributed by atoms with Crippen molar-refractivity contribution in [1.29, 1.82) is 0 Å². The summed E-state index contributed by atoms with van der Waals surface area (Å²) in [6.45, 7) is 1.95. The second-order valence-corrected chi connectivity index (χ2v) is 7.83. The highest BCUT2D eigenvalue weighted by atomic mass is 19.1. The molecule has 2 aliphatic heterocycles. The van der Waals surface area contributed by atoms with E-state index in [2.05, 4.69) is 5.32 Å². The number of nitrogens with one attached hydrogen (secondary N) is 1. The van der Waals surface area contributed by atoms with Crippen molar-refractivity contribution in [3.63, 3.8) is 0 Å². The molecule has 0 bridgehead atoms. The summed E-state index contributed by atoms with van der Waals surface area (Å²) in [6.07, 6.45) is 3.66. The number of hydrogen-bond acceptors (Lipinski definition) is 3. The van der Waals surface area contributed by atoms with Gasteiger partial charge in [0.1, 0.15) is 11.9 Å². The Morgan fingerprint density at radius 1 is 1.16 bits per heavy atom. The molecule has 0 radical (unpaired) electrons. The number of carboxylic acids is 1. The third-order valence-electron chi connectivity index (χ3n) is 6.32. The number of piperidine rings is 1. The van der Waals surface area contributed by atoms with Crippen molar-refractivity contribution >= 4 is 11.9 Å². The number of aliphatic carboxylic acids is 1. The lowest BCUT2D eigenvalue weighted by Gasteiger charge is -2.40. The Hall–Kier alpha value is -1.95. The maximum atomic E-state index is 14.2. The number of hydrogen-bond donors (Lipinski definition) is 2. The van der Waals surface area contributed by atoms with Gasteiger partial charge in [-0.3, -0.25) is 9.59 Å². The molecule has 1 spiro atoms. The maximum Gasteiger partial charge on any atom is 0.320 e. The highest BCUT2D eigenvalue weighted by Gasteiger charge is 2.55. The first-order valence-corrected chi connectivity index (χ1v) is 8.96. The topological polar surface area (TPSA) is 69.6 Å². The summed E-state index contributed by atoms with van der Waals surface area (Å²) in [6, 6.07) is 6.10. The molecule has 2 N–H and O–H groups in total. The van der Waals surface area contributed by atoms with E-state index in [9.17, 15) is 19.1 Å². The maximum absolute atomic E-state index is 14.2. The average Bonchev–Trinajstić information content (AvgIpc) is 3.31. The van der Waals surface area contributed by atoms with E-state index in [4.69, 9.17) is 0 Å². The average molecular weight is 346 g/mol. The summed E-state index contributed by atoms with van der Waals surface area (Å²) in [7, 11) is 0. The predicted octanol–water partition coefficient (Wildman–Crippen LogP) is 1.91. The molecule has 3 aliphatic rings. The largest absolute Gasteiger partial charge is 0.480 e. The molecule has 25 heavy (non-hydrogen) atoms. The number of carboxylic acid groups (broad SMARTS) is 1. The van der Waals surface area contributed by atoms with Crippen LogP contribution in [0.2, 0.25) is 0 Å². The van der Waals surface area contributed by atoms with E-state index < -0.39 is 17.4 Å². The van der Waals surface area contributed by atoms with E-state index in [0.29, 0.717) is 44.5 Å². The van der Waals surface area contributed by atoms with E-state index in [1.54, 1.807) is 18.2 Å². The van der Waals surface area contributed by atoms with Gasteiger partial charge in [-0.1, -0.05) is 18.2 Å². The minimum Gasteiger partial charge on any atom is -0.480 e. The van der Waals surface area contributed by atoms with Crippen LogP contribution in [0.1, 0.15) is 37.7 Å². The summed E-state index contributed by atoms with van der Waals surface area (Å²) in [5.41, 5.74) is -0.171. The normalized spacial score (nSPS) is 26.6. The van der Waals surface area contributed by atoms with Gasteiger partial charge in [0.25, 0.3) is 0 Å². The Bertz CT molecular complexity index is 708. The molecule has 1 saturated carbocycles.